The van der Waals surface area contributed by atoms with E-state index in [1.807, 2.05) is 0 Å². The van der Waals surface area contributed by atoms with E-state index in [1.54, 1.807) is 19.1 Å². The molecule has 1 aromatic carbocycles. The summed E-state index contributed by atoms with van der Waals surface area (Å²) in [5.41, 5.74) is 4.73. The van der Waals surface area contributed by atoms with E-state index in [9.17, 15) is 14.3 Å². The lowest BCUT2D eigenvalue weighted by atomic mass is 9.79. The maximum absolute atomic E-state index is 14.0. The molecule has 0 spiro atoms. The van der Waals surface area contributed by atoms with Crippen LogP contribution in [0, 0.1) is 11.2 Å². The number of carbonyl (C=O) groups is 1. The zero-order valence-corrected chi connectivity index (χ0v) is 10.6. The van der Waals surface area contributed by atoms with Crippen molar-refractivity contribution < 1.29 is 19.0 Å². The van der Waals surface area contributed by atoms with Gasteiger partial charge in [-0.2, -0.15) is 0 Å². The van der Waals surface area contributed by atoms with Crippen LogP contribution in [0.2, 0.25) is 0 Å². The molecule has 0 fully saturated rings. The molecule has 5 heteroatoms. The average Bonchev–Trinajstić information content (AvgIpc) is 2.37. The molecule has 0 heterocycles. The van der Waals surface area contributed by atoms with Gasteiger partial charge in [0.15, 0.2) is 11.6 Å². The third kappa shape index (κ3) is 2.61. The molecule has 0 saturated carbocycles. The standard InChI is InChI=1S/C13H18FNO3/c1-3-13(8-15,12(16)17)7-9-5-4-6-10(18-2)11(9)14/h4-6H,3,7-8,15H2,1-2H3,(H,16,17). The van der Waals surface area contributed by atoms with E-state index in [1.165, 1.54) is 13.2 Å². The number of benzene rings is 1. The summed E-state index contributed by atoms with van der Waals surface area (Å²) in [7, 11) is 1.37. The molecule has 1 unspecified atom stereocenters. The van der Waals surface area contributed by atoms with E-state index < -0.39 is 17.2 Å². The maximum Gasteiger partial charge on any atom is 0.311 e. The Bertz CT molecular complexity index is 430. The van der Waals surface area contributed by atoms with E-state index in [0.717, 1.165) is 0 Å². The van der Waals surface area contributed by atoms with E-state index in [2.05, 4.69) is 0 Å². The molecule has 1 rings (SSSR count). The molecule has 4 nitrogen and oxygen atoms in total. The topological polar surface area (TPSA) is 72.5 Å². The first kappa shape index (κ1) is 14.4. The lowest BCUT2D eigenvalue weighted by Crippen LogP contribution is -2.40. The Morgan fingerprint density at radius 1 is 1.56 bits per heavy atom. The van der Waals surface area contributed by atoms with Gasteiger partial charge in [-0.05, 0) is 24.5 Å². The van der Waals surface area contributed by atoms with Crippen molar-refractivity contribution in [2.24, 2.45) is 11.1 Å². The van der Waals surface area contributed by atoms with Crippen LogP contribution in [0.25, 0.3) is 0 Å². The summed E-state index contributed by atoms with van der Waals surface area (Å²) in [6.07, 6.45) is 0.397. The van der Waals surface area contributed by atoms with Crippen molar-refractivity contribution in [2.45, 2.75) is 19.8 Å². The molecule has 0 bridgehead atoms. The lowest BCUT2D eigenvalue weighted by molar-refractivity contribution is -0.148. The normalized spacial score (nSPS) is 14.0. The smallest absolute Gasteiger partial charge is 0.311 e. The van der Waals surface area contributed by atoms with Crippen LogP contribution >= 0.6 is 0 Å². The van der Waals surface area contributed by atoms with Gasteiger partial charge >= 0.3 is 5.97 Å². The van der Waals surface area contributed by atoms with Crippen LogP contribution in [0.5, 0.6) is 5.75 Å². The van der Waals surface area contributed by atoms with Gasteiger partial charge in [0, 0.05) is 6.54 Å². The SMILES string of the molecule is CCC(CN)(Cc1cccc(OC)c1F)C(=O)O. The van der Waals surface area contributed by atoms with Crippen LogP contribution in [0.1, 0.15) is 18.9 Å². The molecule has 0 amide bonds. The lowest BCUT2D eigenvalue weighted by Gasteiger charge is -2.26. The second kappa shape index (κ2) is 5.82. The minimum Gasteiger partial charge on any atom is -0.494 e. The first-order chi connectivity index (χ1) is 8.50. The third-order valence-corrected chi connectivity index (χ3v) is 3.31. The zero-order valence-electron chi connectivity index (χ0n) is 10.6. The van der Waals surface area contributed by atoms with Gasteiger partial charge in [0.05, 0.1) is 12.5 Å². The van der Waals surface area contributed by atoms with Crippen molar-refractivity contribution in [2.75, 3.05) is 13.7 Å². The molecule has 1 atom stereocenters. The Kier molecular flexibility index (Phi) is 4.67. The highest BCUT2D eigenvalue weighted by atomic mass is 19.1. The fraction of sp³-hybridized carbons (Fsp3) is 0.462. The van der Waals surface area contributed by atoms with Crippen LogP contribution in [0.15, 0.2) is 18.2 Å². The molecule has 0 saturated heterocycles. The molecular weight excluding hydrogens is 237 g/mol. The van der Waals surface area contributed by atoms with E-state index >= 15 is 0 Å². The van der Waals surface area contributed by atoms with Gasteiger partial charge < -0.3 is 15.6 Å². The van der Waals surface area contributed by atoms with Crippen LogP contribution in [0.3, 0.4) is 0 Å². The summed E-state index contributed by atoms with van der Waals surface area (Å²) in [5, 5.41) is 9.27. The van der Waals surface area contributed by atoms with Gasteiger partial charge in [0.2, 0.25) is 0 Å². The minimum atomic E-state index is -1.13. The predicted molar refractivity (Wildman–Crippen MR) is 66.1 cm³/mol. The van der Waals surface area contributed by atoms with Gasteiger partial charge in [0.25, 0.3) is 0 Å². The number of hydrogen-bond donors (Lipinski definition) is 2. The molecule has 1 aromatic rings. The van der Waals surface area contributed by atoms with Gasteiger partial charge in [0.1, 0.15) is 0 Å². The average molecular weight is 255 g/mol. The molecule has 0 aliphatic rings. The van der Waals surface area contributed by atoms with Gasteiger partial charge in [-0.1, -0.05) is 19.1 Å². The van der Waals surface area contributed by atoms with Gasteiger partial charge in [-0.25, -0.2) is 4.39 Å². The second-order valence-electron chi connectivity index (χ2n) is 4.25. The number of ether oxygens (including phenoxy) is 1. The Balaban J connectivity index is 3.12. The minimum absolute atomic E-state index is 0.0323. The number of halogens is 1. The van der Waals surface area contributed by atoms with Crippen LogP contribution in [0.4, 0.5) is 4.39 Å². The second-order valence-corrected chi connectivity index (χ2v) is 4.25. The highest BCUT2D eigenvalue weighted by Crippen LogP contribution is 2.30. The largest absolute Gasteiger partial charge is 0.494 e. The van der Waals surface area contributed by atoms with Crippen molar-refractivity contribution in [1.29, 1.82) is 0 Å². The monoisotopic (exact) mass is 255 g/mol. The molecule has 100 valence electrons. The first-order valence-electron chi connectivity index (χ1n) is 5.75. The van der Waals surface area contributed by atoms with Crippen molar-refractivity contribution in [3.8, 4) is 5.75 Å². The first-order valence-corrected chi connectivity index (χ1v) is 5.75. The quantitative estimate of drug-likeness (QED) is 0.813. The summed E-state index contributed by atoms with van der Waals surface area (Å²) < 4.78 is 18.9. The van der Waals surface area contributed by atoms with E-state index in [-0.39, 0.29) is 18.7 Å². The molecule has 0 aliphatic carbocycles. The Hall–Kier alpha value is -1.62. The van der Waals surface area contributed by atoms with E-state index in [4.69, 9.17) is 10.5 Å². The van der Waals surface area contributed by atoms with Gasteiger partial charge in [-0.15, -0.1) is 0 Å². The molecule has 18 heavy (non-hydrogen) atoms. The van der Waals surface area contributed by atoms with Crippen LogP contribution in [-0.2, 0) is 11.2 Å². The Morgan fingerprint density at radius 3 is 2.67 bits per heavy atom. The van der Waals surface area contributed by atoms with Gasteiger partial charge in [-0.3, -0.25) is 4.79 Å². The van der Waals surface area contributed by atoms with Crippen molar-refractivity contribution in [3.05, 3.63) is 29.6 Å². The van der Waals surface area contributed by atoms with Crippen LogP contribution in [-0.4, -0.2) is 24.7 Å². The number of methoxy groups -OCH3 is 1. The van der Waals surface area contributed by atoms with Crippen molar-refractivity contribution in [3.63, 3.8) is 0 Å². The fourth-order valence-electron chi connectivity index (χ4n) is 1.87. The van der Waals surface area contributed by atoms with E-state index in [0.29, 0.717) is 12.0 Å². The predicted octanol–water partition coefficient (Wildman–Crippen LogP) is 1.82. The molecule has 3 N–H and O–H groups in total. The third-order valence-electron chi connectivity index (χ3n) is 3.31. The number of nitrogens with two attached hydrogens (primary N) is 1. The van der Waals surface area contributed by atoms with Crippen LogP contribution < -0.4 is 10.5 Å². The Morgan fingerprint density at radius 2 is 2.22 bits per heavy atom. The fourth-order valence-corrected chi connectivity index (χ4v) is 1.87. The molecule has 0 aliphatic heterocycles. The summed E-state index contributed by atoms with van der Waals surface area (Å²) in [6, 6.07) is 4.69. The van der Waals surface area contributed by atoms with Crippen molar-refractivity contribution >= 4 is 5.97 Å². The Labute approximate surface area is 106 Å². The number of hydrogen-bond acceptors (Lipinski definition) is 3. The summed E-state index contributed by atoms with van der Waals surface area (Å²) in [5.74, 6) is -1.41. The molecular formula is C13H18FNO3. The summed E-state index contributed by atoms with van der Waals surface area (Å²) in [4.78, 5) is 11.3. The number of carboxylic acids is 1. The highest BCUT2D eigenvalue weighted by molar-refractivity contribution is 5.75. The number of carboxylic acid groups (broad SMARTS) is 1. The van der Waals surface area contributed by atoms with Crippen molar-refractivity contribution in [1.82, 2.24) is 0 Å². The highest BCUT2D eigenvalue weighted by Gasteiger charge is 2.36. The number of rotatable bonds is 6. The zero-order chi connectivity index (χ0) is 13.8. The molecule has 0 aromatic heterocycles. The molecule has 0 radical (unpaired) electrons. The number of aliphatic carboxylic acids is 1. The maximum atomic E-state index is 14.0. The summed E-state index contributed by atoms with van der Waals surface area (Å²) >= 11 is 0. The summed E-state index contributed by atoms with van der Waals surface area (Å²) in [6.45, 7) is 1.70.